The summed E-state index contributed by atoms with van der Waals surface area (Å²) >= 11 is 6.08. The van der Waals surface area contributed by atoms with Crippen molar-refractivity contribution in [3.05, 3.63) is 99.3 Å². The number of aliphatic hydroxyl groups excluding tert-OH is 1. The van der Waals surface area contributed by atoms with Gasteiger partial charge in [0.05, 0.1) is 23.5 Å². The SMILES string of the molecule is O=c1c2ccccc2c(C=Nc2cccc(CO)c2)c(O)n1-c1cccc(Cl)c1. The molecule has 0 bridgehead atoms. The van der Waals surface area contributed by atoms with Gasteiger partial charge in [0, 0.05) is 22.0 Å². The molecule has 3 aromatic carbocycles. The van der Waals surface area contributed by atoms with Crippen molar-refractivity contribution < 1.29 is 10.2 Å². The molecule has 0 unspecified atom stereocenters. The van der Waals surface area contributed by atoms with Gasteiger partial charge in [0.25, 0.3) is 5.56 Å². The van der Waals surface area contributed by atoms with Crippen LogP contribution in [0.2, 0.25) is 5.02 Å². The molecule has 29 heavy (non-hydrogen) atoms. The van der Waals surface area contributed by atoms with Gasteiger partial charge in [0.2, 0.25) is 5.88 Å². The number of aromatic nitrogens is 1. The summed E-state index contributed by atoms with van der Waals surface area (Å²) in [5.74, 6) is -0.224. The summed E-state index contributed by atoms with van der Waals surface area (Å²) in [5.41, 5.74) is 1.88. The van der Waals surface area contributed by atoms with Crippen molar-refractivity contribution in [3.8, 4) is 11.6 Å². The summed E-state index contributed by atoms with van der Waals surface area (Å²) < 4.78 is 1.22. The van der Waals surface area contributed by atoms with Crippen LogP contribution in [0, 0.1) is 0 Å². The van der Waals surface area contributed by atoms with E-state index >= 15 is 0 Å². The lowest BCUT2D eigenvalue weighted by atomic mass is 10.1. The van der Waals surface area contributed by atoms with Gasteiger partial charge in [-0.15, -0.1) is 0 Å². The van der Waals surface area contributed by atoms with Crippen molar-refractivity contribution in [2.24, 2.45) is 4.99 Å². The molecule has 0 saturated heterocycles. The lowest BCUT2D eigenvalue weighted by Gasteiger charge is -2.14. The largest absolute Gasteiger partial charge is 0.494 e. The molecule has 0 amide bonds. The standard InChI is InChI=1S/C23H17ClN2O3/c24-16-6-4-8-18(12-16)26-22(28)20-10-2-1-9-19(20)21(23(26)29)13-25-17-7-3-5-15(11-17)14-27/h1-13,27,29H,14H2. The van der Waals surface area contributed by atoms with Crippen molar-refractivity contribution >= 4 is 34.3 Å². The lowest BCUT2D eigenvalue weighted by Crippen LogP contribution is -2.20. The van der Waals surface area contributed by atoms with E-state index in [1.165, 1.54) is 10.8 Å². The molecular formula is C23H17ClN2O3. The Labute approximate surface area is 171 Å². The number of nitrogens with zero attached hydrogens (tertiary/aromatic N) is 2. The van der Waals surface area contributed by atoms with E-state index in [2.05, 4.69) is 4.99 Å². The molecule has 5 nitrogen and oxygen atoms in total. The number of hydrogen-bond donors (Lipinski definition) is 2. The van der Waals surface area contributed by atoms with Gasteiger partial charge in [-0.25, -0.2) is 4.57 Å². The van der Waals surface area contributed by atoms with E-state index in [9.17, 15) is 15.0 Å². The maximum Gasteiger partial charge on any atom is 0.265 e. The molecule has 4 aromatic rings. The third-order valence-electron chi connectivity index (χ3n) is 4.61. The van der Waals surface area contributed by atoms with Crippen LogP contribution in [0.1, 0.15) is 11.1 Å². The highest BCUT2D eigenvalue weighted by Crippen LogP contribution is 2.27. The summed E-state index contributed by atoms with van der Waals surface area (Å²) in [6.07, 6.45) is 1.52. The molecule has 0 aliphatic rings. The smallest absolute Gasteiger partial charge is 0.265 e. The van der Waals surface area contributed by atoms with Gasteiger partial charge < -0.3 is 10.2 Å². The molecule has 0 atom stereocenters. The van der Waals surface area contributed by atoms with E-state index in [-0.39, 0.29) is 18.0 Å². The Bertz CT molecular complexity index is 1300. The van der Waals surface area contributed by atoms with Crippen LogP contribution in [-0.2, 0) is 6.61 Å². The predicted octanol–water partition coefficient (Wildman–Crippen LogP) is 4.59. The zero-order valence-corrected chi connectivity index (χ0v) is 16.0. The molecule has 0 radical (unpaired) electrons. The molecule has 6 heteroatoms. The summed E-state index contributed by atoms with van der Waals surface area (Å²) in [6, 6.07) is 20.9. The maximum atomic E-state index is 13.1. The highest BCUT2D eigenvalue weighted by molar-refractivity contribution is 6.30. The van der Waals surface area contributed by atoms with Gasteiger partial charge in [-0.1, -0.05) is 48.0 Å². The first-order valence-electron chi connectivity index (χ1n) is 8.95. The number of aromatic hydroxyl groups is 1. The van der Waals surface area contributed by atoms with Gasteiger partial charge in [-0.05, 0) is 42.0 Å². The van der Waals surface area contributed by atoms with Crippen LogP contribution >= 0.6 is 11.6 Å². The fraction of sp³-hybridized carbons (Fsp3) is 0.0435. The Morgan fingerprint density at radius 1 is 0.966 bits per heavy atom. The number of pyridine rings is 1. The second-order valence-corrected chi connectivity index (χ2v) is 6.93. The molecule has 0 fully saturated rings. The van der Waals surface area contributed by atoms with E-state index < -0.39 is 0 Å². The van der Waals surface area contributed by atoms with E-state index in [1.54, 1.807) is 72.8 Å². The maximum absolute atomic E-state index is 13.1. The summed E-state index contributed by atoms with van der Waals surface area (Å²) in [5, 5.41) is 21.8. The minimum Gasteiger partial charge on any atom is -0.494 e. The summed E-state index contributed by atoms with van der Waals surface area (Å²) in [6.45, 7) is -0.0861. The highest BCUT2D eigenvalue weighted by atomic mass is 35.5. The fourth-order valence-electron chi connectivity index (χ4n) is 3.22. The minimum absolute atomic E-state index is 0.0861. The average Bonchev–Trinajstić information content (AvgIpc) is 2.74. The topological polar surface area (TPSA) is 74.8 Å². The van der Waals surface area contributed by atoms with Crippen LogP contribution in [0.25, 0.3) is 16.5 Å². The van der Waals surface area contributed by atoms with Crippen molar-refractivity contribution in [3.63, 3.8) is 0 Å². The van der Waals surface area contributed by atoms with Crippen LogP contribution in [-0.4, -0.2) is 21.0 Å². The molecule has 1 heterocycles. The van der Waals surface area contributed by atoms with Crippen LogP contribution in [0.15, 0.2) is 82.6 Å². The predicted molar refractivity (Wildman–Crippen MR) is 116 cm³/mol. The average molecular weight is 405 g/mol. The number of fused-ring (bicyclic) bond motifs is 1. The number of hydrogen-bond acceptors (Lipinski definition) is 4. The Kier molecular flexibility index (Phi) is 5.16. The van der Waals surface area contributed by atoms with E-state index in [4.69, 9.17) is 11.6 Å². The van der Waals surface area contributed by atoms with Gasteiger partial charge in [-0.3, -0.25) is 9.79 Å². The molecule has 0 saturated carbocycles. The van der Waals surface area contributed by atoms with Gasteiger partial charge in [-0.2, -0.15) is 0 Å². The molecule has 0 spiro atoms. The molecule has 4 rings (SSSR count). The van der Waals surface area contributed by atoms with Gasteiger partial charge >= 0.3 is 0 Å². The summed E-state index contributed by atoms with van der Waals surface area (Å²) in [4.78, 5) is 17.5. The van der Waals surface area contributed by atoms with Crippen LogP contribution in [0.4, 0.5) is 5.69 Å². The second kappa shape index (κ2) is 7.91. The van der Waals surface area contributed by atoms with E-state index in [1.807, 2.05) is 0 Å². The van der Waals surface area contributed by atoms with Gasteiger partial charge in [0.1, 0.15) is 0 Å². The number of halogens is 1. The Morgan fingerprint density at radius 2 is 1.72 bits per heavy atom. The van der Waals surface area contributed by atoms with Crippen molar-refractivity contribution in [1.82, 2.24) is 4.57 Å². The van der Waals surface area contributed by atoms with Crippen molar-refractivity contribution in [2.45, 2.75) is 6.61 Å². The quantitative estimate of drug-likeness (QED) is 0.488. The highest BCUT2D eigenvalue weighted by Gasteiger charge is 2.16. The Balaban J connectivity index is 1.95. The van der Waals surface area contributed by atoms with Crippen molar-refractivity contribution in [1.29, 1.82) is 0 Å². The normalized spacial score (nSPS) is 11.4. The first kappa shape index (κ1) is 18.9. The first-order valence-corrected chi connectivity index (χ1v) is 9.33. The van der Waals surface area contributed by atoms with Crippen molar-refractivity contribution in [2.75, 3.05) is 0 Å². The zero-order chi connectivity index (χ0) is 20.4. The van der Waals surface area contributed by atoms with Crippen LogP contribution < -0.4 is 5.56 Å². The molecule has 1 aromatic heterocycles. The van der Waals surface area contributed by atoms with Crippen LogP contribution in [0.3, 0.4) is 0 Å². The molecule has 0 aliphatic heterocycles. The van der Waals surface area contributed by atoms with E-state index in [0.717, 1.165) is 5.56 Å². The third kappa shape index (κ3) is 3.66. The summed E-state index contributed by atoms with van der Waals surface area (Å²) in [7, 11) is 0. The first-order chi connectivity index (χ1) is 14.1. The second-order valence-electron chi connectivity index (χ2n) is 6.49. The monoisotopic (exact) mass is 404 g/mol. The number of aliphatic hydroxyl groups is 1. The number of rotatable bonds is 4. The number of benzene rings is 3. The molecule has 2 N–H and O–H groups in total. The lowest BCUT2D eigenvalue weighted by molar-refractivity contribution is 0.282. The number of aliphatic imine (C=N–C) groups is 1. The van der Waals surface area contributed by atoms with E-state index in [0.29, 0.717) is 32.7 Å². The molecule has 144 valence electrons. The Morgan fingerprint density at radius 3 is 2.48 bits per heavy atom. The molecule has 0 aliphatic carbocycles. The van der Waals surface area contributed by atoms with Crippen LogP contribution in [0.5, 0.6) is 5.88 Å². The minimum atomic E-state index is -0.347. The third-order valence-corrected chi connectivity index (χ3v) is 4.84. The zero-order valence-electron chi connectivity index (χ0n) is 15.3. The molecular weight excluding hydrogens is 388 g/mol. The van der Waals surface area contributed by atoms with Gasteiger partial charge in [0.15, 0.2) is 0 Å². The fourth-order valence-corrected chi connectivity index (χ4v) is 3.40. The Hall–Kier alpha value is -3.41.